The molecule has 1 N–H and O–H groups in total. The number of thiophene rings is 1. The summed E-state index contributed by atoms with van der Waals surface area (Å²) in [6.07, 6.45) is 0.507. The lowest BCUT2D eigenvalue weighted by atomic mass is 9.70. The lowest BCUT2D eigenvalue weighted by Crippen LogP contribution is -2.43. The third kappa shape index (κ3) is 4.63. The summed E-state index contributed by atoms with van der Waals surface area (Å²) in [5.74, 6) is -2.41. The molecule has 0 unspecified atom stereocenters. The lowest BCUT2D eigenvalue weighted by Gasteiger charge is -2.37. The molecular formula is C26H27NO6S. The highest BCUT2D eigenvalue weighted by atomic mass is 32.1. The molecule has 2 aromatic rings. The number of allylic oxidation sites excluding steroid dienone is 3. The second-order valence-electron chi connectivity index (χ2n) is 8.35. The Morgan fingerprint density at radius 3 is 2.56 bits per heavy atom. The van der Waals surface area contributed by atoms with Crippen LogP contribution >= 0.6 is 11.3 Å². The van der Waals surface area contributed by atoms with Crippen LogP contribution in [-0.2, 0) is 23.9 Å². The van der Waals surface area contributed by atoms with Gasteiger partial charge in [-0.25, -0.2) is 4.79 Å². The van der Waals surface area contributed by atoms with Gasteiger partial charge in [0.15, 0.2) is 5.78 Å². The molecule has 0 saturated heterocycles. The Labute approximate surface area is 202 Å². The second-order valence-corrected chi connectivity index (χ2v) is 9.33. The van der Waals surface area contributed by atoms with Crippen molar-refractivity contribution in [2.24, 2.45) is 11.8 Å². The molecule has 34 heavy (non-hydrogen) atoms. The largest absolute Gasteiger partial charge is 0.490 e. The second kappa shape index (κ2) is 10.3. The fraction of sp³-hybridized carbons (Fsp3) is 0.346. The van der Waals surface area contributed by atoms with Gasteiger partial charge in [0, 0.05) is 21.8 Å². The summed E-state index contributed by atoms with van der Waals surface area (Å²) in [7, 11) is 1.28. The van der Waals surface area contributed by atoms with Gasteiger partial charge in [-0.1, -0.05) is 31.2 Å². The topological polar surface area (TPSA) is 90.9 Å². The van der Waals surface area contributed by atoms with Gasteiger partial charge in [-0.3, -0.25) is 9.59 Å². The number of hydrogen-bond acceptors (Lipinski definition) is 8. The third-order valence-electron chi connectivity index (χ3n) is 6.12. The van der Waals surface area contributed by atoms with Gasteiger partial charge in [-0.05, 0) is 42.8 Å². The Kier molecular flexibility index (Phi) is 7.17. The molecule has 0 fully saturated rings. The van der Waals surface area contributed by atoms with Gasteiger partial charge in [0.05, 0.1) is 18.6 Å². The minimum absolute atomic E-state index is 0.0589. The highest BCUT2D eigenvalue weighted by molar-refractivity contribution is 7.10. The zero-order valence-corrected chi connectivity index (χ0v) is 20.1. The van der Waals surface area contributed by atoms with E-state index in [2.05, 4.69) is 5.32 Å². The average molecular weight is 482 g/mol. The van der Waals surface area contributed by atoms with Crippen LogP contribution in [-0.4, -0.2) is 38.0 Å². The molecule has 4 rings (SSSR count). The van der Waals surface area contributed by atoms with Crippen molar-refractivity contribution in [3.05, 3.63) is 75.3 Å². The number of ether oxygens (including phenoxy) is 3. The molecule has 0 radical (unpaired) electrons. The Hall–Kier alpha value is -3.39. The number of nitrogens with one attached hydrogen (secondary N) is 1. The van der Waals surface area contributed by atoms with Gasteiger partial charge < -0.3 is 19.5 Å². The van der Waals surface area contributed by atoms with Crippen molar-refractivity contribution >= 4 is 29.1 Å². The molecule has 7 nitrogen and oxygen atoms in total. The first-order valence-electron chi connectivity index (χ1n) is 11.1. The summed E-state index contributed by atoms with van der Waals surface area (Å²) >= 11 is 1.46. The monoisotopic (exact) mass is 481 g/mol. The molecular weight excluding hydrogens is 454 g/mol. The quantitative estimate of drug-likeness (QED) is 0.363. The molecule has 8 heteroatoms. The first kappa shape index (κ1) is 23.8. The van der Waals surface area contributed by atoms with Crippen molar-refractivity contribution in [2.45, 2.75) is 26.2 Å². The number of carbonyl (C=O) groups excluding carboxylic acids is 3. The average Bonchev–Trinajstić information content (AvgIpc) is 3.36. The van der Waals surface area contributed by atoms with Crippen molar-refractivity contribution in [2.75, 3.05) is 20.3 Å². The van der Waals surface area contributed by atoms with Gasteiger partial charge in [0.1, 0.15) is 24.9 Å². The molecule has 1 aromatic heterocycles. The van der Waals surface area contributed by atoms with Gasteiger partial charge in [-0.15, -0.1) is 11.3 Å². The van der Waals surface area contributed by atoms with E-state index in [-0.39, 0.29) is 24.9 Å². The Bertz CT molecular complexity index is 1140. The maximum absolute atomic E-state index is 13.6. The summed E-state index contributed by atoms with van der Waals surface area (Å²) < 4.78 is 16.1. The molecule has 2 heterocycles. The number of carbonyl (C=O) groups is 3. The minimum atomic E-state index is -0.900. The van der Waals surface area contributed by atoms with E-state index in [4.69, 9.17) is 14.2 Å². The molecule has 0 spiro atoms. The molecule has 0 bridgehead atoms. The van der Waals surface area contributed by atoms with Crippen LogP contribution < -0.4 is 10.1 Å². The summed E-state index contributed by atoms with van der Waals surface area (Å²) in [6, 6.07) is 13.0. The number of benzene rings is 1. The van der Waals surface area contributed by atoms with Gasteiger partial charge >= 0.3 is 11.9 Å². The van der Waals surface area contributed by atoms with E-state index >= 15 is 0 Å². The summed E-state index contributed by atoms with van der Waals surface area (Å²) in [4.78, 5) is 40.1. The smallest absolute Gasteiger partial charge is 0.336 e. The number of para-hydroxylation sites is 1. The molecule has 178 valence electrons. The predicted octanol–water partition coefficient (Wildman–Crippen LogP) is 3.98. The third-order valence-corrected chi connectivity index (χ3v) is 7.06. The SMILES string of the molecule is COC(=O)[C@@H]1C(=O)C2=C(C[C@H]1C)NC(C)=C(C(=O)OCCOc1ccccc1)[C@H]2c1cccs1. The Balaban J connectivity index is 1.59. The molecule has 1 aliphatic heterocycles. The van der Waals surface area contributed by atoms with E-state index in [1.54, 1.807) is 0 Å². The fourth-order valence-electron chi connectivity index (χ4n) is 4.58. The van der Waals surface area contributed by atoms with Crippen molar-refractivity contribution in [3.8, 4) is 5.75 Å². The maximum Gasteiger partial charge on any atom is 0.336 e. The van der Waals surface area contributed by atoms with Crippen LogP contribution in [0.1, 0.15) is 31.1 Å². The summed E-state index contributed by atoms with van der Waals surface area (Å²) in [5, 5.41) is 5.15. The van der Waals surface area contributed by atoms with E-state index in [1.807, 2.05) is 61.7 Å². The highest BCUT2D eigenvalue weighted by Gasteiger charge is 2.47. The fourth-order valence-corrected chi connectivity index (χ4v) is 5.42. The van der Waals surface area contributed by atoms with Crippen molar-refractivity contribution in [1.29, 1.82) is 0 Å². The number of Topliss-reactive ketones (excluding diaryl/α,β-unsaturated/α-hetero) is 1. The summed E-state index contributed by atoms with van der Waals surface area (Å²) in [5.41, 5.74) is 2.20. The van der Waals surface area contributed by atoms with Crippen LogP contribution in [0, 0.1) is 11.8 Å². The van der Waals surface area contributed by atoms with Crippen LogP contribution in [0.2, 0.25) is 0 Å². The maximum atomic E-state index is 13.6. The van der Waals surface area contributed by atoms with E-state index in [0.717, 1.165) is 10.6 Å². The van der Waals surface area contributed by atoms with Crippen LogP contribution in [0.25, 0.3) is 0 Å². The molecule has 1 aliphatic carbocycles. The van der Waals surface area contributed by atoms with Crippen LogP contribution in [0.3, 0.4) is 0 Å². The molecule has 3 atom stereocenters. The van der Waals surface area contributed by atoms with E-state index in [0.29, 0.717) is 29.0 Å². The zero-order chi connectivity index (χ0) is 24.2. The Morgan fingerprint density at radius 2 is 1.88 bits per heavy atom. The molecule has 1 aromatic carbocycles. The number of ketones is 1. The lowest BCUT2D eigenvalue weighted by molar-refractivity contribution is -0.151. The first-order chi connectivity index (χ1) is 16.4. The summed E-state index contributed by atoms with van der Waals surface area (Å²) in [6.45, 7) is 3.93. The number of rotatable bonds is 7. The van der Waals surface area contributed by atoms with E-state index in [1.165, 1.54) is 18.4 Å². The number of dihydropyridines is 1. The van der Waals surface area contributed by atoms with Crippen LogP contribution in [0.5, 0.6) is 5.75 Å². The van der Waals surface area contributed by atoms with Crippen LogP contribution in [0.4, 0.5) is 0 Å². The molecule has 0 amide bonds. The van der Waals surface area contributed by atoms with Gasteiger partial charge in [0.2, 0.25) is 0 Å². The molecule has 2 aliphatic rings. The number of hydrogen-bond donors (Lipinski definition) is 1. The van der Waals surface area contributed by atoms with Gasteiger partial charge in [-0.2, -0.15) is 0 Å². The van der Waals surface area contributed by atoms with E-state index < -0.39 is 23.8 Å². The Morgan fingerprint density at radius 1 is 1.12 bits per heavy atom. The van der Waals surface area contributed by atoms with Crippen LogP contribution in [0.15, 0.2) is 70.4 Å². The highest BCUT2D eigenvalue weighted by Crippen LogP contribution is 2.46. The van der Waals surface area contributed by atoms with Crippen molar-refractivity contribution < 1.29 is 28.6 Å². The first-order valence-corrected chi connectivity index (χ1v) is 12.0. The van der Waals surface area contributed by atoms with Crippen molar-refractivity contribution in [3.63, 3.8) is 0 Å². The van der Waals surface area contributed by atoms with Gasteiger partial charge in [0.25, 0.3) is 0 Å². The number of methoxy groups -OCH3 is 1. The number of esters is 2. The van der Waals surface area contributed by atoms with E-state index in [9.17, 15) is 14.4 Å². The standard InChI is InChI=1S/C26H27NO6S/c1-15-14-18-22(24(28)20(15)25(29)31-3)23(19-10-7-13-34-19)21(16(2)27-18)26(30)33-12-11-32-17-8-5-4-6-9-17/h4-10,13,15,20,23,27H,11-12,14H2,1-3H3/t15-,20+,23-/m1/s1. The zero-order valence-electron chi connectivity index (χ0n) is 19.3. The van der Waals surface area contributed by atoms with Crippen molar-refractivity contribution in [1.82, 2.24) is 5.32 Å². The minimum Gasteiger partial charge on any atom is -0.490 e. The normalized spacial score (nSPS) is 22.1. The molecule has 0 saturated carbocycles. The predicted molar refractivity (Wildman–Crippen MR) is 127 cm³/mol.